The maximum absolute atomic E-state index is 5.84. The maximum Gasteiger partial charge on any atom is 0.142 e. The molecule has 0 spiro atoms. The van der Waals surface area contributed by atoms with E-state index in [1.54, 1.807) is 0 Å². The van der Waals surface area contributed by atoms with E-state index >= 15 is 0 Å². The number of hydrogen-bond donors (Lipinski definition) is 1. The zero-order valence-corrected chi connectivity index (χ0v) is 13.6. The molecule has 112 valence electrons. The van der Waals surface area contributed by atoms with Gasteiger partial charge in [0.25, 0.3) is 0 Å². The minimum Gasteiger partial charge on any atom is -0.491 e. The van der Waals surface area contributed by atoms with Gasteiger partial charge in [0.05, 0.1) is 12.3 Å². The van der Waals surface area contributed by atoms with Gasteiger partial charge in [-0.1, -0.05) is 41.5 Å². The molecule has 0 aliphatic heterocycles. The lowest BCUT2D eigenvalue weighted by Crippen LogP contribution is -2.01. The van der Waals surface area contributed by atoms with Gasteiger partial charge in [0.15, 0.2) is 0 Å². The molecule has 0 saturated carbocycles. The van der Waals surface area contributed by atoms with E-state index in [0.717, 1.165) is 23.7 Å². The Balaban J connectivity index is 1.65. The lowest BCUT2D eigenvalue weighted by atomic mass is 10.1. The fourth-order valence-electron chi connectivity index (χ4n) is 2.30. The third-order valence-corrected chi connectivity index (χ3v) is 4.27. The van der Waals surface area contributed by atoms with Crippen LogP contribution in [0.5, 0.6) is 5.75 Å². The summed E-state index contributed by atoms with van der Waals surface area (Å²) in [5.41, 5.74) is 10.6. The van der Waals surface area contributed by atoms with Crippen LogP contribution in [0.2, 0.25) is 0 Å². The van der Waals surface area contributed by atoms with E-state index in [0.29, 0.717) is 12.3 Å². The quantitative estimate of drug-likeness (QED) is 0.600. The first kappa shape index (κ1) is 15.8. The van der Waals surface area contributed by atoms with Gasteiger partial charge in [-0.15, -0.1) is 0 Å². The highest BCUT2D eigenvalue weighted by atomic mass is 32.2. The first-order valence-corrected chi connectivity index (χ1v) is 8.43. The second-order valence-corrected chi connectivity index (χ2v) is 6.39. The molecular weight excluding hydrogens is 278 g/mol. The molecular formula is C18H23NOS. The molecule has 0 heterocycles. The average molecular weight is 301 g/mol. The predicted molar refractivity (Wildman–Crippen MR) is 93.0 cm³/mol. The Morgan fingerprint density at radius 1 is 1.05 bits per heavy atom. The SMILES string of the molecule is Cc1cc(C)cc(CSCCCOc2ccccc2N)c1. The summed E-state index contributed by atoms with van der Waals surface area (Å²) >= 11 is 1.95. The molecule has 0 radical (unpaired) electrons. The van der Waals surface area contributed by atoms with Crippen LogP contribution in [0.3, 0.4) is 0 Å². The van der Waals surface area contributed by atoms with Crippen molar-refractivity contribution in [3.05, 3.63) is 59.2 Å². The summed E-state index contributed by atoms with van der Waals surface area (Å²) in [5.74, 6) is 2.95. The van der Waals surface area contributed by atoms with Crippen molar-refractivity contribution in [3.63, 3.8) is 0 Å². The van der Waals surface area contributed by atoms with Crippen molar-refractivity contribution < 1.29 is 4.74 Å². The molecule has 0 aliphatic rings. The summed E-state index contributed by atoms with van der Waals surface area (Å²) in [4.78, 5) is 0. The van der Waals surface area contributed by atoms with E-state index in [2.05, 4.69) is 32.0 Å². The average Bonchev–Trinajstić information content (AvgIpc) is 2.43. The second kappa shape index (κ2) is 7.99. The van der Waals surface area contributed by atoms with E-state index in [9.17, 15) is 0 Å². The highest BCUT2D eigenvalue weighted by Crippen LogP contribution is 2.20. The van der Waals surface area contributed by atoms with Crippen molar-refractivity contribution in [1.82, 2.24) is 0 Å². The number of para-hydroxylation sites is 2. The molecule has 2 nitrogen and oxygen atoms in total. The van der Waals surface area contributed by atoms with E-state index in [1.807, 2.05) is 36.0 Å². The summed E-state index contributed by atoms with van der Waals surface area (Å²) in [6.07, 6.45) is 1.03. The van der Waals surface area contributed by atoms with Crippen LogP contribution in [0.1, 0.15) is 23.1 Å². The third-order valence-electron chi connectivity index (χ3n) is 3.16. The van der Waals surface area contributed by atoms with Gasteiger partial charge in [-0.3, -0.25) is 0 Å². The Labute approximate surface area is 131 Å². The molecule has 0 saturated heterocycles. The van der Waals surface area contributed by atoms with Gasteiger partial charge in [-0.2, -0.15) is 11.8 Å². The first-order chi connectivity index (χ1) is 10.1. The van der Waals surface area contributed by atoms with E-state index in [1.165, 1.54) is 16.7 Å². The largest absolute Gasteiger partial charge is 0.491 e. The third kappa shape index (κ3) is 5.35. The van der Waals surface area contributed by atoms with Gasteiger partial charge in [-0.05, 0) is 43.7 Å². The van der Waals surface area contributed by atoms with Gasteiger partial charge in [-0.25, -0.2) is 0 Å². The number of nitrogen functional groups attached to an aromatic ring is 1. The van der Waals surface area contributed by atoms with Crippen LogP contribution in [0, 0.1) is 13.8 Å². The summed E-state index contributed by atoms with van der Waals surface area (Å²) in [6, 6.07) is 14.4. The van der Waals surface area contributed by atoms with E-state index < -0.39 is 0 Å². The first-order valence-electron chi connectivity index (χ1n) is 7.27. The zero-order valence-electron chi connectivity index (χ0n) is 12.8. The van der Waals surface area contributed by atoms with Crippen LogP contribution < -0.4 is 10.5 Å². The summed E-state index contributed by atoms with van der Waals surface area (Å²) < 4.78 is 5.69. The van der Waals surface area contributed by atoms with Gasteiger partial charge in [0.2, 0.25) is 0 Å². The molecule has 0 atom stereocenters. The van der Waals surface area contributed by atoms with Crippen molar-refractivity contribution in [1.29, 1.82) is 0 Å². The lowest BCUT2D eigenvalue weighted by Gasteiger charge is -2.08. The molecule has 0 aromatic heterocycles. The minimum atomic E-state index is 0.709. The van der Waals surface area contributed by atoms with Crippen molar-refractivity contribution in [3.8, 4) is 5.75 Å². The fraction of sp³-hybridized carbons (Fsp3) is 0.333. The van der Waals surface area contributed by atoms with Gasteiger partial charge >= 0.3 is 0 Å². The highest BCUT2D eigenvalue weighted by Gasteiger charge is 1.99. The van der Waals surface area contributed by atoms with Crippen molar-refractivity contribution in [2.45, 2.75) is 26.0 Å². The number of nitrogens with two attached hydrogens (primary N) is 1. The molecule has 2 aromatic rings. The van der Waals surface area contributed by atoms with Crippen LogP contribution in [0.4, 0.5) is 5.69 Å². The number of hydrogen-bond acceptors (Lipinski definition) is 3. The van der Waals surface area contributed by atoms with Crippen LogP contribution in [-0.4, -0.2) is 12.4 Å². The number of benzene rings is 2. The van der Waals surface area contributed by atoms with Crippen molar-refractivity contribution in [2.75, 3.05) is 18.1 Å². The molecule has 0 amide bonds. The number of ether oxygens (including phenoxy) is 1. The summed E-state index contributed by atoms with van der Waals surface area (Å²) in [6.45, 7) is 5.02. The maximum atomic E-state index is 5.84. The molecule has 0 unspecified atom stereocenters. The Kier molecular flexibility index (Phi) is 6.00. The van der Waals surface area contributed by atoms with Gasteiger partial charge < -0.3 is 10.5 Å². The fourth-order valence-corrected chi connectivity index (χ4v) is 3.17. The van der Waals surface area contributed by atoms with Crippen LogP contribution in [0.15, 0.2) is 42.5 Å². The normalized spacial score (nSPS) is 10.6. The Morgan fingerprint density at radius 3 is 2.48 bits per heavy atom. The molecule has 0 fully saturated rings. The Bertz CT molecular complexity index is 563. The van der Waals surface area contributed by atoms with Crippen molar-refractivity contribution in [2.24, 2.45) is 0 Å². The number of thioether (sulfide) groups is 1. The standard InChI is InChI=1S/C18H23NOS/c1-14-10-15(2)12-16(11-14)13-21-9-5-8-20-18-7-4-3-6-17(18)19/h3-4,6-7,10-12H,5,8-9,13,19H2,1-2H3. The molecule has 2 N–H and O–H groups in total. The lowest BCUT2D eigenvalue weighted by molar-refractivity contribution is 0.320. The zero-order chi connectivity index (χ0) is 15.1. The molecule has 21 heavy (non-hydrogen) atoms. The summed E-state index contributed by atoms with van der Waals surface area (Å²) in [7, 11) is 0. The Hall–Kier alpha value is -1.61. The summed E-state index contributed by atoms with van der Waals surface area (Å²) in [5, 5.41) is 0. The number of aryl methyl sites for hydroxylation is 2. The number of anilines is 1. The molecule has 3 heteroatoms. The number of rotatable bonds is 7. The van der Waals surface area contributed by atoms with Gasteiger partial charge in [0, 0.05) is 5.75 Å². The monoisotopic (exact) mass is 301 g/mol. The van der Waals surface area contributed by atoms with Crippen LogP contribution in [0.25, 0.3) is 0 Å². The Morgan fingerprint density at radius 2 is 1.76 bits per heavy atom. The van der Waals surface area contributed by atoms with Crippen LogP contribution in [-0.2, 0) is 5.75 Å². The van der Waals surface area contributed by atoms with E-state index in [-0.39, 0.29) is 0 Å². The topological polar surface area (TPSA) is 35.2 Å². The predicted octanol–water partition coefficient (Wildman–Crippen LogP) is 4.59. The van der Waals surface area contributed by atoms with Crippen molar-refractivity contribution >= 4 is 17.4 Å². The van der Waals surface area contributed by atoms with Gasteiger partial charge in [0.1, 0.15) is 5.75 Å². The molecule has 2 aromatic carbocycles. The second-order valence-electron chi connectivity index (χ2n) is 5.29. The molecule has 0 aliphatic carbocycles. The smallest absolute Gasteiger partial charge is 0.142 e. The minimum absolute atomic E-state index is 0.709. The molecule has 0 bridgehead atoms. The van der Waals surface area contributed by atoms with E-state index in [4.69, 9.17) is 10.5 Å². The molecule has 2 rings (SSSR count). The highest BCUT2D eigenvalue weighted by molar-refractivity contribution is 7.98. The van der Waals surface area contributed by atoms with Crippen LogP contribution >= 0.6 is 11.8 Å².